The maximum absolute atomic E-state index is 13.0. The number of amides is 2. The van der Waals surface area contributed by atoms with Crippen LogP contribution in [0.3, 0.4) is 0 Å². The lowest BCUT2D eigenvalue weighted by atomic mass is 10.2. The van der Waals surface area contributed by atoms with Crippen molar-refractivity contribution >= 4 is 23.2 Å². The quantitative estimate of drug-likeness (QED) is 0.589. The molecule has 2 rings (SSSR count). The van der Waals surface area contributed by atoms with Gasteiger partial charge in [-0.15, -0.1) is 17.9 Å². The molecule has 0 atom stereocenters. The molecule has 6 heteroatoms. The number of thiophene rings is 1. The molecule has 1 heterocycles. The van der Waals surface area contributed by atoms with Crippen molar-refractivity contribution in [3.8, 4) is 0 Å². The van der Waals surface area contributed by atoms with E-state index in [0.29, 0.717) is 19.6 Å². The van der Waals surface area contributed by atoms with Gasteiger partial charge in [-0.1, -0.05) is 36.4 Å². The first-order valence-electron chi connectivity index (χ1n) is 8.77. The van der Waals surface area contributed by atoms with Crippen molar-refractivity contribution in [2.45, 2.75) is 20.0 Å². The minimum atomic E-state index is -0.224. The van der Waals surface area contributed by atoms with E-state index in [4.69, 9.17) is 4.74 Å². The Labute approximate surface area is 164 Å². The summed E-state index contributed by atoms with van der Waals surface area (Å²) in [5.41, 5.74) is 2.22. The molecule has 0 N–H and O–H groups in total. The van der Waals surface area contributed by atoms with E-state index in [0.717, 1.165) is 10.4 Å². The predicted molar refractivity (Wildman–Crippen MR) is 108 cm³/mol. The Morgan fingerprint density at radius 3 is 2.44 bits per heavy atom. The topological polar surface area (TPSA) is 49.9 Å². The molecule has 5 nitrogen and oxygen atoms in total. The summed E-state index contributed by atoms with van der Waals surface area (Å²) < 4.78 is 4.92. The largest absolute Gasteiger partial charge is 0.375 e. The molecule has 0 aliphatic heterocycles. The van der Waals surface area contributed by atoms with Crippen molar-refractivity contribution < 1.29 is 14.3 Å². The van der Waals surface area contributed by atoms with E-state index in [1.807, 2.05) is 42.6 Å². The standard InChI is InChI=1S/C21H26N2O3S/c1-4-11-22(21(25)16-26-3)15-20(24)23(13-18-8-6-5-7-9-18)14-19-17(2)10-12-27-19/h4-10,12H,1,11,13-16H2,2-3H3. The summed E-state index contributed by atoms with van der Waals surface area (Å²) >= 11 is 1.64. The van der Waals surface area contributed by atoms with Gasteiger partial charge < -0.3 is 14.5 Å². The zero-order valence-electron chi connectivity index (χ0n) is 15.9. The highest BCUT2D eigenvalue weighted by atomic mass is 32.1. The molecule has 0 saturated heterocycles. The minimum absolute atomic E-state index is 0.00543. The summed E-state index contributed by atoms with van der Waals surface area (Å²) in [6.07, 6.45) is 1.62. The van der Waals surface area contributed by atoms with Gasteiger partial charge in [0.2, 0.25) is 11.8 Å². The number of carbonyl (C=O) groups is 2. The first-order valence-corrected chi connectivity index (χ1v) is 9.65. The smallest absolute Gasteiger partial charge is 0.249 e. The fourth-order valence-electron chi connectivity index (χ4n) is 2.66. The molecular formula is C21H26N2O3S. The van der Waals surface area contributed by atoms with E-state index < -0.39 is 0 Å². The number of carbonyl (C=O) groups excluding carboxylic acids is 2. The molecule has 2 aromatic rings. The fourth-order valence-corrected chi connectivity index (χ4v) is 3.58. The second-order valence-corrected chi connectivity index (χ2v) is 7.26. The van der Waals surface area contributed by atoms with Crippen LogP contribution >= 0.6 is 11.3 Å². The van der Waals surface area contributed by atoms with Gasteiger partial charge in [0, 0.05) is 25.1 Å². The van der Waals surface area contributed by atoms with Gasteiger partial charge >= 0.3 is 0 Å². The molecule has 0 aliphatic rings. The Kier molecular flexibility index (Phi) is 8.23. The summed E-state index contributed by atoms with van der Waals surface area (Å²) in [6.45, 7) is 7.01. The van der Waals surface area contributed by atoms with Crippen LogP contribution < -0.4 is 0 Å². The van der Waals surface area contributed by atoms with Crippen molar-refractivity contribution in [1.29, 1.82) is 0 Å². The number of ether oxygens (including phenoxy) is 1. The molecule has 0 radical (unpaired) electrons. The van der Waals surface area contributed by atoms with Crippen molar-refractivity contribution in [1.82, 2.24) is 9.80 Å². The van der Waals surface area contributed by atoms with Crippen LogP contribution in [0, 0.1) is 6.92 Å². The van der Waals surface area contributed by atoms with Crippen LogP contribution in [0.25, 0.3) is 0 Å². The van der Waals surface area contributed by atoms with Gasteiger partial charge in [-0.2, -0.15) is 0 Å². The SMILES string of the molecule is C=CCN(CC(=O)N(Cc1ccccc1)Cc1sccc1C)C(=O)COC. The van der Waals surface area contributed by atoms with E-state index in [1.54, 1.807) is 22.3 Å². The molecule has 0 fully saturated rings. The Balaban J connectivity index is 2.17. The summed E-state index contributed by atoms with van der Waals surface area (Å²) in [7, 11) is 1.47. The predicted octanol–water partition coefficient (Wildman–Crippen LogP) is 3.25. The molecule has 1 aromatic heterocycles. The number of hydrogen-bond acceptors (Lipinski definition) is 4. The Morgan fingerprint density at radius 1 is 1.11 bits per heavy atom. The Hall–Kier alpha value is -2.44. The van der Waals surface area contributed by atoms with Gasteiger partial charge in [0.15, 0.2) is 0 Å². The van der Waals surface area contributed by atoms with Gasteiger partial charge in [0.1, 0.15) is 13.2 Å². The maximum atomic E-state index is 13.0. The van der Waals surface area contributed by atoms with E-state index in [-0.39, 0.29) is 25.0 Å². The van der Waals surface area contributed by atoms with Crippen LogP contribution in [0.2, 0.25) is 0 Å². The van der Waals surface area contributed by atoms with Crippen LogP contribution in [0.5, 0.6) is 0 Å². The van der Waals surface area contributed by atoms with Gasteiger partial charge in [-0.05, 0) is 29.5 Å². The first-order chi connectivity index (χ1) is 13.0. The summed E-state index contributed by atoms with van der Waals surface area (Å²) in [5.74, 6) is -0.323. The lowest BCUT2D eigenvalue weighted by Gasteiger charge is -2.27. The van der Waals surface area contributed by atoms with Gasteiger partial charge in [-0.25, -0.2) is 0 Å². The summed E-state index contributed by atoms with van der Waals surface area (Å²) in [5, 5.41) is 2.03. The molecule has 0 aliphatic carbocycles. The molecule has 0 unspecified atom stereocenters. The van der Waals surface area contributed by atoms with Crippen LogP contribution in [0.15, 0.2) is 54.4 Å². The minimum Gasteiger partial charge on any atom is -0.375 e. The molecule has 0 spiro atoms. The molecule has 0 bridgehead atoms. The van der Waals surface area contributed by atoms with Gasteiger partial charge in [0.25, 0.3) is 0 Å². The average molecular weight is 387 g/mol. The first kappa shape index (κ1) is 20.9. The number of benzene rings is 1. The second kappa shape index (κ2) is 10.6. The molecule has 144 valence electrons. The van der Waals surface area contributed by atoms with E-state index in [2.05, 4.69) is 12.6 Å². The number of hydrogen-bond donors (Lipinski definition) is 0. The van der Waals surface area contributed by atoms with Crippen LogP contribution in [0.4, 0.5) is 0 Å². The average Bonchev–Trinajstić information content (AvgIpc) is 3.06. The van der Waals surface area contributed by atoms with Crippen molar-refractivity contribution in [2.24, 2.45) is 0 Å². The van der Waals surface area contributed by atoms with E-state index in [9.17, 15) is 9.59 Å². The van der Waals surface area contributed by atoms with Gasteiger partial charge in [0.05, 0.1) is 6.54 Å². The van der Waals surface area contributed by atoms with Crippen LogP contribution in [-0.2, 0) is 27.4 Å². The highest BCUT2D eigenvalue weighted by Crippen LogP contribution is 2.19. The number of aryl methyl sites for hydroxylation is 1. The van der Waals surface area contributed by atoms with Crippen molar-refractivity contribution in [3.63, 3.8) is 0 Å². The zero-order valence-corrected chi connectivity index (χ0v) is 16.7. The van der Waals surface area contributed by atoms with Crippen molar-refractivity contribution in [2.75, 3.05) is 26.8 Å². The molecule has 0 saturated carbocycles. The van der Waals surface area contributed by atoms with Crippen LogP contribution in [-0.4, -0.2) is 48.4 Å². The normalized spacial score (nSPS) is 10.4. The highest BCUT2D eigenvalue weighted by Gasteiger charge is 2.21. The Morgan fingerprint density at radius 2 is 1.85 bits per heavy atom. The molecule has 1 aromatic carbocycles. The summed E-state index contributed by atoms with van der Waals surface area (Å²) in [4.78, 5) is 29.7. The molecular weight excluding hydrogens is 360 g/mol. The Bertz CT molecular complexity index is 758. The zero-order chi connectivity index (χ0) is 19.6. The summed E-state index contributed by atoms with van der Waals surface area (Å²) in [6, 6.07) is 11.9. The maximum Gasteiger partial charge on any atom is 0.249 e. The number of rotatable bonds is 10. The third-order valence-corrected chi connectivity index (χ3v) is 5.18. The van der Waals surface area contributed by atoms with Crippen LogP contribution in [0.1, 0.15) is 16.0 Å². The number of nitrogens with zero attached hydrogens (tertiary/aromatic N) is 2. The third-order valence-electron chi connectivity index (χ3n) is 4.17. The van der Waals surface area contributed by atoms with Crippen molar-refractivity contribution in [3.05, 3.63) is 70.4 Å². The monoisotopic (exact) mass is 386 g/mol. The lowest BCUT2D eigenvalue weighted by Crippen LogP contribution is -2.43. The number of methoxy groups -OCH3 is 1. The molecule has 2 amide bonds. The molecule has 27 heavy (non-hydrogen) atoms. The van der Waals surface area contributed by atoms with E-state index >= 15 is 0 Å². The third kappa shape index (κ3) is 6.34. The lowest BCUT2D eigenvalue weighted by molar-refractivity contribution is -0.142. The van der Waals surface area contributed by atoms with E-state index in [1.165, 1.54) is 17.6 Å². The second-order valence-electron chi connectivity index (χ2n) is 6.26. The highest BCUT2D eigenvalue weighted by molar-refractivity contribution is 7.10. The fraction of sp³-hybridized carbons (Fsp3) is 0.333. The van der Waals surface area contributed by atoms with Gasteiger partial charge in [-0.3, -0.25) is 9.59 Å².